The van der Waals surface area contributed by atoms with Crippen LogP contribution in [0.2, 0.25) is 0 Å². The van der Waals surface area contributed by atoms with Crippen molar-refractivity contribution in [2.75, 3.05) is 0 Å². The highest BCUT2D eigenvalue weighted by Gasteiger charge is 2.12. The van der Waals surface area contributed by atoms with Crippen molar-refractivity contribution in [1.29, 1.82) is 0 Å². The molecule has 0 saturated heterocycles. The number of rotatable bonds is 3. The molecule has 5 nitrogen and oxygen atoms in total. The van der Waals surface area contributed by atoms with Crippen molar-refractivity contribution >= 4 is 28.3 Å². The average molecular weight is 273 g/mol. The largest absolute Gasteiger partial charge is 0.481 e. The first-order valence-electron chi connectivity index (χ1n) is 5.75. The number of carbonyl (C=O) groups is 1. The van der Waals surface area contributed by atoms with Gasteiger partial charge in [0.25, 0.3) is 0 Å². The maximum absolute atomic E-state index is 10.8. The molecule has 2 aromatic heterocycles. The Labute approximate surface area is 113 Å². The van der Waals surface area contributed by atoms with Crippen LogP contribution in [0.5, 0.6) is 0 Å². The van der Waals surface area contributed by atoms with E-state index >= 15 is 0 Å². The second kappa shape index (κ2) is 4.47. The Kier molecular flexibility index (Phi) is 2.79. The molecule has 0 saturated carbocycles. The SMILES string of the molecule is Cc1nc(-c2ccc3nc[nH]c3c2)sc1CC(=O)O. The lowest BCUT2D eigenvalue weighted by molar-refractivity contribution is -0.136. The molecular weight excluding hydrogens is 262 g/mol. The Morgan fingerprint density at radius 2 is 2.32 bits per heavy atom. The van der Waals surface area contributed by atoms with Crippen LogP contribution in [0.15, 0.2) is 24.5 Å². The summed E-state index contributed by atoms with van der Waals surface area (Å²) < 4.78 is 0. The summed E-state index contributed by atoms with van der Waals surface area (Å²) in [6.45, 7) is 1.84. The van der Waals surface area contributed by atoms with Crippen molar-refractivity contribution < 1.29 is 9.90 Å². The molecule has 0 bridgehead atoms. The minimum absolute atomic E-state index is 0.0236. The summed E-state index contributed by atoms with van der Waals surface area (Å²) in [5.74, 6) is -0.831. The fourth-order valence-corrected chi connectivity index (χ4v) is 2.97. The number of nitrogens with one attached hydrogen (secondary N) is 1. The maximum Gasteiger partial charge on any atom is 0.308 e. The molecule has 0 unspecified atom stereocenters. The number of nitrogens with zero attached hydrogens (tertiary/aromatic N) is 2. The molecule has 0 radical (unpaired) electrons. The topological polar surface area (TPSA) is 78.9 Å². The van der Waals surface area contributed by atoms with E-state index in [-0.39, 0.29) is 6.42 Å². The third-order valence-corrected chi connectivity index (χ3v) is 4.08. The molecule has 6 heteroatoms. The molecule has 19 heavy (non-hydrogen) atoms. The molecule has 2 N–H and O–H groups in total. The normalized spacial score (nSPS) is 11.0. The van der Waals surface area contributed by atoms with Gasteiger partial charge in [0.15, 0.2) is 0 Å². The zero-order valence-electron chi connectivity index (χ0n) is 10.2. The zero-order valence-corrected chi connectivity index (χ0v) is 11.0. The first-order chi connectivity index (χ1) is 9.13. The maximum atomic E-state index is 10.8. The Bertz CT molecular complexity index is 760. The number of carboxylic acids is 1. The van der Waals surface area contributed by atoms with Gasteiger partial charge in [0.2, 0.25) is 0 Å². The van der Waals surface area contributed by atoms with E-state index in [0.29, 0.717) is 0 Å². The molecule has 3 aromatic rings. The highest BCUT2D eigenvalue weighted by Crippen LogP contribution is 2.29. The van der Waals surface area contributed by atoms with Crippen LogP contribution in [0, 0.1) is 6.92 Å². The number of aromatic nitrogens is 3. The Morgan fingerprint density at radius 1 is 1.47 bits per heavy atom. The molecule has 2 heterocycles. The summed E-state index contributed by atoms with van der Waals surface area (Å²) >= 11 is 1.43. The fourth-order valence-electron chi connectivity index (χ4n) is 1.92. The van der Waals surface area contributed by atoms with Crippen molar-refractivity contribution in [1.82, 2.24) is 15.0 Å². The monoisotopic (exact) mass is 273 g/mol. The predicted molar refractivity (Wildman–Crippen MR) is 73.3 cm³/mol. The van der Waals surface area contributed by atoms with Gasteiger partial charge in [-0.05, 0) is 25.1 Å². The van der Waals surface area contributed by atoms with Crippen LogP contribution in [0.3, 0.4) is 0 Å². The van der Waals surface area contributed by atoms with Gasteiger partial charge >= 0.3 is 5.97 Å². The standard InChI is InChI=1S/C13H11N3O2S/c1-7-11(5-12(17)18)19-13(16-7)8-2-3-9-10(4-8)15-6-14-9/h2-4,6H,5H2,1H3,(H,14,15)(H,17,18). The summed E-state index contributed by atoms with van der Waals surface area (Å²) in [5.41, 5.74) is 3.61. The number of hydrogen-bond donors (Lipinski definition) is 2. The first-order valence-corrected chi connectivity index (χ1v) is 6.57. The van der Waals surface area contributed by atoms with Crippen molar-refractivity contribution in [2.45, 2.75) is 13.3 Å². The van der Waals surface area contributed by atoms with Crippen LogP contribution in [0.1, 0.15) is 10.6 Å². The Balaban J connectivity index is 2.03. The first kappa shape index (κ1) is 11.9. The number of H-pyrrole nitrogens is 1. The lowest BCUT2D eigenvalue weighted by Gasteiger charge is -1.95. The fraction of sp³-hybridized carbons (Fsp3) is 0.154. The number of imidazole rings is 1. The minimum Gasteiger partial charge on any atom is -0.481 e. The van der Waals surface area contributed by atoms with Crippen LogP contribution in [-0.4, -0.2) is 26.0 Å². The number of fused-ring (bicyclic) bond motifs is 1. The number of thiazole rings is 1. The van der Waals surface area contributed by atoms with Crippen molar-refractivity contribution in [3.05, 3.63) is 35.1 Å². The summed E-state index contributed by atoms with van der Waals surface area (Å²) in [6, 6.07) is 5.85. The number of aliphatic carboxylic acids is 1. The van der Waals surface area contributed by atoms with Gasteiger partial charge in [-0.3, -0.25) is 4.79 Å². The molecule has 0 amide bonds. The van der Waals surface area contributed by atoms with Gasteiger partial charge in [0.05, 0.1) is 29.5 Å². The molecule has 0 spiro atoms. The Morgan fingerprint density at radius 3 is 3.11 bits per heavy atom. The molecule has 0 aliphatic heterocycles. The summed E-state index contributed by atoms with van der Waals surface area (Å²) in [6.07, 6.45) is 1.67. The van der Waals surface area contributed by atoms with Crippen molar-refractivity contribution in [3.8, 4) is 10.6 Å². The molecule has 0 fully saturated rings. The van der Waals surface area contributed by atoms with Gasteiger partial charge in [0.1, 0.15) is 5.01 Å². The van der Waals surface area contributed by atoms with Crippen LogP contribution in [-0.2, 0) is 11.2 Å². The third-order valence-electron chi connectivity index (χ3n) is 2.87. The van der Waals surface area contributed by atoms with E-state index in [1.807, 2.05) is 25.1 Å². The number of aryl methyl sites for hydroxylation is 1. The summed E-state index contributed by atoms with van der Waals surface area (Å²) in [7, 11) is 0. The lowest BCUT2D eigenvalue weighted by Crippen LogP contribution is -1.99. The predicted octanol–water partition coefficient (Wildman–Crippen LogP) is 2.62. The minimum atomic E-state index is -0.831. The highest BCUT2D eigenvalue weighted by atomic mass is 32.1. The number of carboxylic acid groups (broad SMARTS) is 1. The van der Waals surface area contributed by atoms with E-state index in [1.165, 1.54) is 11.3 Å². The molecule has 3 rings (SSSR count). The molecular formula is C13H11N3O2S. The second-order valence-electron chi connectivity index (χ2n) is 4.23. The summed E-state index contributed by atoms with van der Waals surface area (Å²) in [4.78, 5) is 23.2. The van der Waals surface area contributed by atoms with Gasteiger partial charge < -0.3 is 10.1 Å². The zero-order chi connectivity index (χ0) is 13.4. The van der Waals surface area contributed by atoms with Crippen LogP contribution < -0.4 is 0 Å². The van der Waals surface area contributed by atoms with Gasteiger partial charge in [-0.1, -0.05) is 0 Å². The van der Waals surface area contributed by atoms with Gasteiger partial charge in [0, 0.05) is 10.4 Å². The van der Waals surface area contributed by atoms with Crippen molar-refractivity contribution in [2.24, 2.45) is 0 Å². The van der Waals surface area contributed by atoms with Gasteiger partial charge in [-0.25, -0.2) is 9.97 Å². The molecule has 0 aliphatic carbocycles. The third kappa shape index (κ3) is 2.22. The van der Waals surface area contributed by atoms with Crippen LogP contribution in [0.25, 0.3) is 21.6 Å². The summed E-state index contributed by atoms with van der Waals surface area (Å²) in [5, 5.41) is 9.69. The van der Waals surface area contributed by atoms with E-state index < -0.39 is 5.97 Å². The van der Waals surface area contributed by atoms with E-state index in [0.717, 1.165) is 32.2 Å². The number of hydrogen-bond acceptors (Lipinski definition) is 4. The lowest BCUT2D eigenvalue weighted by atomic mass is 10.2. The Hall–Kier alpha value is -2.21. The molecule has 1 aromatic carbocycles. The van der Waals surface area contributed by atoms with E-state index in [1.54, 1.807) is 6.33 Å². The highest BCUT2D eigenvalue weighted by molar-refractivity contribution is 7.15. The van der Waals surface area contributed by atoms with Crippen molar-refractivity contribution in [3.63, 3.8) is 0 Å². The van der Waals surface area contributed by atoms with E-state index in [2.05, 4.69) is 15.0 Å². The van der Waals surface area contributed by atoms with Crippen LogP contribution >= 0.6 is 11.3 Å². The number of aromatic amines is 1. The smallest absolute Gasteiger partial charge is 0.308 e. The van der Waals surface area contributed by atoms with Gasteiger partial charge in [-0.15, -0.1) is 11.3 Å². The molecule has 0 aliphatic rings. The van der Waals surface area contributed by atoms with E-state index in [9.17, 15) is 4.79 Å². The average Bonchev–Trinajstić information content (AvgIpc) is 2.95. The quantitative estimate of drug-likeness (QED) is 0.768. The molecule has 0 atom stereocenters. The second-order valence-corrected chi connectivity index (χ2v) is 5.32. The van der Waals surface area contributed by atoms with Crippen LogP contribution in [0.4, 0.5) is 0 Å². The number of benzene rings is 1. The van der Waals surface area contributed by atoms with Gasteiger partial charge in [-0.2, -0.15) is 0 Å². The van der Waals surface area contributed by atoms with E-state index in [4.69, 9.17) is 5.11 Å². The molecule has 96 valence electrons.